The number of hydrogen-bond acceptors (Lipinski definition) is 6. The number of likely N-dealkylation sites (tertiary alicyclic amines) is 2. The highest BCUT2D eigenvalue weighted by Gasteiger charge is 2.40. The van der Waals surface area contributed by atoms with Crippen LogP contribution < -0.4 is 5.32 Å². The van der Waals surface area contributed by atoms with Crippen molar-refractivity contribution < 1.29 is 28.8 Å². The Hall–Kier alpha value is -6.16. The van der Waals surface area contributed by atoms with E-state index in [0.29, 0.717) is 62.7 Å². The van der Waals surface area contributed by atoms with Gasteiger partial charge in [0.1, 0.15) is 17.6 Å². The lowest BCUT2D eigenvalue weighted by molar-refractivity contribution is -0.139. The second-order valence-corrected chi connectivity index (χ2v) is 18.4. The van der Waals surface area contributed by atoms with Crippen LogP contribution in [0.5, 0.6) is 0 Å². The van der Waals surface area contributed by atoms with Gasteiger partial charge in [-0.05, 0) is 116 Å². The zero-order chi connectivity index (χ0) is 43.5. The van der Waals surface area contributed by atoms with Gasteiger partial charge in [0.15, 0.2) is 5.78 Å². The fraction of sp³-hybridized carbons (Fsp3) is 0.396. The number of hydrogen-bond donors (Lipinski definition) is 2. The quantitative estimate of drug-likeness (QED) is 0.0904. The molecule has 4 fully saturated rings. The van der Waals surface area contributed by atoms with Crippen molar-refractivity contribution in [2.45, 2.75) is 107 Å². The van der Waals surface area contributed by atoms with E-state index in [0.717, 1.165) is 71.0 Å². The summed E-state index contributed by atoms with van der Waals surface area (Å²) >= 11 is 0. The zero-order valence-electron chi connectivity index (χ0n) is 35.8. The van der Waals surface area contributed by atoms with E-state index in [1.807, 2.05) is 109 Å². The molecule has 2 aliphatic heterocycles. The number of aromatic amines is 1. The van der Waals surface area contributed by atoms with Crippen molar-refractivity contribution in [1.82, 2.24) is 14.8 Å². The van der Waals surface area contributed by atoms with Crippen LogP contribution in [-0.2, 0) is 35.2 Å². The molecule has 4 atom stereocenters. The first-order valence-electron chi connectivity index (χ1n) is 23.0. The van der Waals surface area contributed by atoms with Crippen LogP contribution in [0.2, 0.25) is 0 Å². The molecule has 2 aliphatic carbocycles. The second kappa shape index (κ2) is 18.7. The van der Waals surface area contributed by atoms with Crippen LogP contribution in [0.4, 0.5) is 5.69 Å². The molecule has 9 rings (SSSR count). The van der Waals surface area contributed by atoms with Gasteiger partial charge in [0.05, 0.1) is 17.9 Å². The monoisotopic (exact) mass is 844 g/mol. The predicted molar refractivity (Wildman–Crippen MR) is 243 cm³/mol. The van der Waals surface area contributed by atoms with Crippen molar-refractivity contribution in [3.63, 3.8) is 0 Å². The molecule has 10 nitrogen and oxygen atoms in total. The minimum Gasteiger partial charge on any atom is -0.355 e. The van der Waals surface area contributed by atoms with Gasteiger partial charge in [-0.25, -0.2) is 0 Å². The van der Waals surface area contributed by atoms with Crippen molar-refractivity contribution in [3.8, 4) is 11.3 Å². The molecule has 0 unspecified atom stereocenters. The maximum Gasteiger partial charge on any atom is 0.247 e. The number of Topliss-reactive ketones (excluding diaryl/α,β-unsaturated/α-hetero) is 3. The lowest BCUT2D eigenvalue weighted by Crippen LogP contribution is -2.45. The summed E-state index contributed by atoms with van der Waals surface area (Å²) in [4.78, 5) is 88.7. The summed E-state index contributed by atoms with van der Waals surface area (Å²) in [6.07, 6.45) is 8.52. The highest BCUT2D eigenvalue weighted by molar-refractivity contribution is 6.00. The number of ketones is 3. The van der Waals surface area contributed by atoms with Gasteiger partial charge in [-0.1, -0.05) is 78.9 Å². The van der Waals surface area contributed by atoms with Crippen LogP contribution in [0, 0.1) is 11.8 Å². The molecule has 324 valence electrons. The van der Waals surface area contributed by atoms with Crippen molar-refractivity contribution in [3.05, 3.63) is 126 Å². The van der Waals surface area contributed by atoms with Crippen molar-refractivity contribution >= 4 is 51.7 Å². The Morgan fingerprint density at radius 2 is 1.14 bits per heavy atom. The average molecular weight is 845 g/mol. The standard InChI is InChI=1S/C53H56N4O6/c58-42(28-34-15-16-34)32-44(37-9-3-1-4-10-37)52(62)56-25-7-13-48(56)50(60)30-36-19-24-46-40(27-36)31-47(55-46)39-20-22-41(23-21-39)54-51(61)49-14-8-26-57(49)53(63)45(38-11-5-2-6-12-38)33-43(59)29-35-17-18-35/h1-6,9-12,19-24,27,31,34-35,44-45,48-49,55H,7-8,13-18,25-26,28-30,32-33H2,(H,54,61)/t44-,45-,48+,49+/m1/s1. The number of fused-ring (bicyclic) bond motifs is 1. The van der Waals surface area contributed by atoms with E-state index in [1.165, 1.54) is 0 Å². The molecule has 2 saturated heterocycles. The molecule has 3 amide bonds. The molecule has 10 heteroatoms. The molecule has 0 bridgehead atoms. The van der Waals surface area contributed by atoms with E-state index in [4.69, 9.17) is 0 Å². The molecule has 3 heterocycles. The summed E-state index contributed by atoms with van der Waals surface area (Å²) in [5.41, 5.74) is 5.85. The highest BCUT2D eigenvalue weighted by Crippen LogP contribution is 2.37. The molecular weight excluding hydrogens is 789 g/mol. The van der Waals surface area contributed by atoms with E-state index in [-0.39, 0.29) is 54.3 Å². The molecular formula is C53H56N4O6. The van der Waals surface area contributed by atoms with Gasteiger partial charge in [0.2, 0.25) is 17.7 Å². The predicted octanol–water partition coefficient (Wildman–Crippen LogP) is 8.95. The Balaban J connectivity index is 0.828. The number of H-pyrrole nitrogens is 1. The second-order valence-electron chi connectivity index (χ2n) is 18.4. The summed E-state index contributed by atoms with van der Waals surface area (Å²) in [6, 6.07) is 33.4. The van der Waals surface area contributed by atoms with Crippen LogP contribution in [0.15, 0.2) is 109 Å². The number of amides is 3. The summed E-state index contributed by atoms with van der Waals surface area (Å²) in [5, 5.41) is 3.99. The maximum absolute atomic E-state index is 14.1. The molecule has 0 radical (unpaired) electrons. The Kier molecular flexibility index (Phi) is 12.5. The molecule has 4 aromatic carbocycles. The number of nitrogens with one attached hydrogen (secondary N) is 2. The van der Waals surface area contributed by atoms with Gasteiger partial charge >= 0.3 is 0 Å². The summed E-state index contributed by atoms with van der Waals surface area (Å²) in [5.74, 6) is -0.603. The van der Waals surface area contributed by atoms with Gasteiger partial charge in [0.25, 0.3) is 0 Å². The van der Waals surface area contributed by atoms with Crippen LogP contribution >= 0.6 is 0 Å². The third-order valence-corrected chi connectivity index (χ3v) is 13.6. The minimum atomic E-state index is -0.618. The Bertz CT molecular complexity index is 2490. The topological polar surface area (TPSA) is 137 Å². The van der Waals surface area contributed by atoms with Crippen LogP contribution in [-0.4, -0.2) is 75.0 Å². The number of nitrogens with zero attached hydrogens (tertiary/aromatic N) is 2. The van der Waals surface area contributed by atoms with E-state index in [1.54, 1.807) is 9.80 Å². The third-order valence-electron chi connectivity index (χ3n) is 13.6. The first-order valence-corrected chi connectivity index (χ1v) is 23.0. The fourth-order valence-electron chi connectivity index (χ4n) is 9.77. The lowest BCUT2D eigenvalue weighted by atomic mass is 9.90. The average Bonchev–Trinajstić information content (AvgIpc) is 4.10. The molecule has 2 saturated carbocycles. The smallest absolute Gasteiger partial charge is 0.247 e. The van der Waals surface area contributed by atoms with E-state index >= 15 is 0 Å². The molecule has 4 aliphatic rings. The maximum atomic E-state index is 14.1. The SMILES string of the molecule is O=C(CC1CC1)C[C@@H](C(=O)N1CCC[C@H]1C(=O)Cc1ccc2[nH]c(-c3ccc(NC(=O)[C@@H]4CCCN4C(=O)[C@H](CC(=O)CC4CC4)c4ccccc4)cc3)cc2c1)c1ccccc1. The largest absolute Gasteiger partial charge is 0.355 e. The van der Waals surface area contributed by atoms with E-state index in [9.17, 15) is 28.8 Å². The Morgan fingerprint density at radius 3 is 1.70 bits per heavy atom. The van der Waals surface area contributed by atoms with Gasteiger partial charge in [-0.2, -0.15) is 0 Å². The number of carbonyl (C=O) groups is 6. The van der Waals surface area contributed by atoms with Crippen molar-refractivity contribution in [1.29, 1.82) is 0 Å². The third kappa shape index (κ3) is 10.1. The fourth-order valence-corrected chi connectivity index (χ4v) is 9.77. The number of anilines is 1. The zero-order valence-corrected chi connectivity index (χ0v) is 35.8. The molecule has 1 aromatic heterocycles. The number of benzene rings is 4. The van der Waals surface area contributed by atoms with Gasteiger partial charge in [-0.15, -0.1) is 0 Å². The Labute approximate surface area is 368 Å². The van der Waals surface area contributed by atoms with Gasteiger partial charge < -0.3 is 20.1 Å². The van der Waals surface area contributed by atoms with Crippen LogP contribution in [0.1, 0.15) is 106 Å². The first kappa shape index (κ1) is 42.2. The van der Waals surface area contributed by atoms with Crippen LogP contribution in [0.25, 0.3) is 22.2 Å². The lowest BCUT2D eigenvalue weighted by Gasteiger charge is -2.28. The summed E-state index contributed by atoms with van der Waals surface area (Å²) in [7, 11) is 0. The van der Waals surface area contributed by atoms with Crippen molar-refractivity contribution in [2.24, 2.45) is 11.8 Å². The normalized spacial score (nSPS) is 19.5. The minimum absolute atomic E-state index is 0.00443. The number of aromatic nitrogens is 1. The molecule has 2 N–H and O–H groups in total. The number of carbonyl (C=O) groups excluding carboxylic acids is 6. The van der Waals surface area contributed by atoms with E-state index < -0.39 is 23.9 Å². The summed E-state index contributed by atoms with van der Waals surface area (Å²) in [6.45, 7) is 0.985. The first-order chi connectivity index (χ1) is 30.7. The van der Waals surface area contributed by atoms with Crippen molar-refractivity contribution in [2.75, 3.05) is 18.4 Å². The summed E-state index contributed by atoms with van der Waals surface area (Å²) < 4.78 is 0. The highest BCUT2D eigenvalue weighted by atomic mass is 16.2. The Morgan fingerprint density at radius 1 is 0.603 bits per heavy atom. The number of rotatable bonds is 18. The molecule has 63 heavy (non-hydrogen) atoms. The molecule has 0 spiro atoms. The van der Waals surface area contributed by atoms with Crippen LogP contribution in [0.3, 0.4) is 0 Å². The van der Waals surface area contributed by atoms with Gasteiger partial charge in [0, 0.05) is 67.5 Å². The van der Waals surface area contributed by atoms with Gasteiger partial charge in [-0.3, -0.25) is 28.8 Å². The molecule has 5 aromatic rings. The van der Waals surface area contributed by atoms with E-state index in [2.05, 4.69) is 10.3 Å².